The summed E-state index contributed by atoms with van der Waals surface area (Å²) < 4.78 is 0. The smallest absolute Gasteiger partial charge is 0.155 e. The van der Waals surface area contributed by atoms with Crippen molar-refractivity contribution >= 4 is 5.78 Å². The Balaban J connectivity index is 1.44. The third-order valence-corrected chi connectivity index (χ3v) is 6.96. The molecule has 164 valence electrons. The number of ketones is 1. The van der Waals surface area contributed by atoms with Gasteiger partial charge in [-0.3, -0.25) is 4.79 Å². The molecule has 0 aliphatic heterocycles. The van der Waals surface area contributed by atoms with E-state index in [1.807, 2.05) is 18.2 Å². The van der Waals surface area contributed by atoms with E-state index in [9.17, 15) is 9.90 Å². The maximum absolute atomic E-state index is 12.4. The Morgan fingerprint density at radius 2 is 1.97 bits per heavy atom. The number of benzene rings is 1. The van der Waals surface area contributed by atoms with E-state index in [0.717, 1.165) is 19.3 Å². The van der Waals surface area contributed by atoms with Gasteiger partial charge in [0.15, 0.2) is 5.78 Å². The van der Waals surface area contributed by atoms with Crippen LogP contribution in [0.15, 0.2) is 48.1 Å². The number of fused-ring (bicyclic) bond motifs is 1. The van der Waals surface area contributed by atoms with Gasteiger partial charge in [-0.05, 0) is 95.1 Å². The lowest BCUT2D eigenvalue weighted by Gasteiger charge is -2.18. The third-order valence-electron chi connectivity index (χ3n) is 6.96. The quantitative estimate of drug-likeness (QED) is 0.313. The molecule has 0 amide bonds. The largest absolute Gasteiger partial charge is 0.392 e. The molecular formula is C27H39NO2. The molecule has 3 heteroatoms. The van der Waals surface area contributed by atoms with Gasteiger partial charge in [0.25, 0.3) is 0 Å². The fraction of sp³-hybridized carbons (Fsp3) is 0.593. The summed E-state index contributed by atoms with van der Waals surface area (Å²) in [6.07, 6.45) is 14.2. The van der Waals surface area contributed by atoms with Gasteiger partial charge in [-0.2, -0.15) is 0 Å². The van der Waals surface area contributed by atoms with E-state index in [0.29, 0.717) is 18.3 Å². The average Bonchev–Trinajstić information content (AvgIpc) is 3.21. The summed E-state index contributed by atoms with van der Waals surface area (Å²) in [5, 5.41) is 10.5. The molecule has 2 aliphatic carbocycles. The van der Waals surface area contributed by atoms with Crippen molar-refractivity contribution in [3.8, 4) is 0 Å². The monoisotopic (exact) mass is 409 g/mol. The minimum Gasteiger partial charge on any atom is -0.392 e. The lowest BCUT2D eigenvalue weighted by atomic mass is 9.88. The molecule has 0 radical (unpaired) electrons. The fourth-order valence-corrected chi connectivity index (χ4v) is 5.20. The van der Waals surface area contributed by atoms with E-state index in [4.69, 9.17) is 0 Å². The van der Waals surface area contributed by atoms with Crippen LogP contribution in [-0.4, -0.2) is 42.5 Å². The SMILES string of the molecule is Cc1ccccc1CCC(=O)C=C[C@@H]1[C@H]2CC(CCCCCN(C)C)=C[C@H]2C[C@H]1O. The number of unbranched alkanes of at least 4 members (excludes halogenated alkanes) is 2. The van der Waals surface area contributed by atoms with Gasteiger partial charge in [-0.25, -0.2) is 0 Å². The Labute approximate surface area is 182 Å². The van der Waals surface area contributed by atoms with Gasteiger partial charge in [0.2, 0.25) is 0 Å². The predicted octanol–water partition coefficient (Wildman–Crippen LogP) is 5.12. The standard InChI is InChI=1S/C27H39NO2/c1-20-9-6-7-11-22(20)12-13-24(29)14-15-25-26-18-21(17-23(26)19-27(25)30)10-5-4-8-16-28(2)3/h6-7,9,11,14-15,17,23,25-27,30H,4-5,8,10,12-13,16,18-19H2,1-3H3/t23-,25+,26-,27+/m0/s1. The van der Waals surface area contributed by atoms with E-state index in [-0.39, 0.29) is 17.8 Å². The fourth-order valence-electron chi connectivity index (χ4n) is 5.20. The van der Waals surface area contributed by atoms with Crippen LogP contribution in [0.1, 0.15) is 56.1 Å². The topological polar surface area (TPSA) is 40.5 Å². The van der Waals surface area contributed by atoms with Gasteiger partial charge in [0.1, 0.15) is 0 Å². The van der Waals surface area contributed by atoms with Crippen molar-refractivity contribution in [2.75, 3.05) is 20.6 Å². The maximum atomic E-state index is 12.4. The van der Waals surface area contributed by atoms with Crippen molar-refractivity contribution in [2.45, 2.75) is 64.4 Å². The van der Waals surface area contributed by atoms with E-state index in [2.05, 4.69) is 44.1 Å². The first-order chi connectivity index (χ1) is 14.4. The Hall–Kier alpha value is -1.71. The molecule has 0 spiro atoms. The Morgan fingerprint density at radius 1 is 1.17 bits per heavy atom. The van der Waals surface area contributed by atoms with Crippen molar-refractivity contribution in [1.82, 2.24) is 4.90 Å². The van der Waals surface area contributed by atoms with Crippen molar-refractivity contribution in [1.29, 1.82) is 0 Å². The first kappa shape index (κ1) is 23.0. The third kappa shape index (κ3) is 6.39. The molecule has 1 fully saturated rings. The highest BCUT2D eigenvalue weighted by atomic mass is 16.3. The highest BCUT2D eigenvalue weighted by Gasteiger charge is 2.43. The molecule has 1 aromatic carbocycles. The van der Waals surface area contributed by atoms with Crippen LogP contribution in [0.4, 0.5) is 0 Å². The zero-order chi connectivity index (χ0) is 21.5. The molecule has 0 heterocycles. The summed E-state index contributed by atoms with van der Waals surface area (Å²) in [6, 6.07) is 8.26. The van der Waals surface area contributed by atoms with Gasteiger partial charge in [0.05, 0.1) is 6.10 Å². The summed E-state index contributed by atoms with van der Waals surface area (Å²) in [6.45, 7) is 3.26. The van der Waals surface area contributed by atoms with Crippen LogP contribution < -0.4 is 0 Å². The molecule has 3 rings (SSSR count). The average molecular weight is 410 g/mol. The van der Waals surface area contributed by atoms with Crippen molar-refractivity contribution in [2.24, 2.45) is 17.8 Å². The molecule has 0 bridgehead atoms. The lowest BCUT2D eigenvalue weighted by Crippen LogP contribution is -2.17. The molecule has 1 saturated carbocycles. The van der Waals surface area contributed by atoms with Crippen molar-refractivity contribution in [3.05, 3.63) is 59.2 Å². The van der Waals surface area contributed by atoms with Crippen LogP contribution >= 0.6 is 0 Å². The van der Waals surface area contributed by atoms with Gasteiger partial charge < -0.3 is 10.0 Å². The van der Waals surface area contributed by atoms with Crippen LogP contribution in [0, 0.1) is 24.7 Å². The van der Waals surface area contributed by atoms with E-state index in [1.165, 1.54) is 43.4 Å². The number of aliphatic hydroxyl groups is 1. The van der Waals surface area contributed by atoms with Gasteiger partial charge in [-0.1, -0.05) is 48.4 Å². The predicted molar refractivity (Wildman–Crippen MR) is 124 cm³/mol. The minimum absolute atomic E-state index is 0.125. The number of aryl methyl sites for hydroxylation is 2. The molecule has 1 aromatic rings. The van der Waals surface area contributed by atoms with E-state index in [1.54, 1.807) is 11.6 Å². The van der Waals surface area contributed by atoms with Crippen molar-refractivity contribution in [3.63, 3.8) is 0 Å². The summed E-state index contributed by atoms with van der Waals surface area (Å²) in [5.41, 5.74) is 4.07. The van der Waals surface area contributed by atoms with Crippen molar-refractivity contribution < 1.29 is 9.90 Å². The highest BCUT2D eigenvalue weighted by Crippen LogP contribution is 2.48. The van der Waals surface area contributed by atoms with E-state index >= 15 is 0 Å². The summed E-state index contributed by atoms with van der Waals surface area (Å²) in [7, 11) is 4.26. The second-order valence-electron chi connectivity index (χ2n) is 9.60. The number of hydrogen-bond acceptors (Lipinski definition) is 3. The zero-order valence-corrected chi connectivity index (χ0v) is 19.0. The first-order valence-corrected chi connectivity index (χ1v) is 11.7. The van der Waals surface area contributed by atoms with Gasteiger partial charge >= 0.3 is 0 Å². The molecule has 30 heavy (non-hydrogen) atoms. The maximum Gasteiger partial charge on any atom is 0.155 e. The molecular weight excluding hydrogens is 370 g/mol. The second kappa shape index (κ2) is 11.1. The number of hydrogen-bond donors (Lipinski definition) is 1. The molecule has 0 aromatic heterocycles. The molecule has 0 unspecified atom stereocenters. The van der Waals surface area contributed by atoms with Gasteiger partial charge in [-0.15, -0.1) is 0 Å². The zero-order valence-electron chi connectivity index (χ0n) is 19.0. The van der Waals surface area contributed by atoms with E-state index < -0.39 is 0 Å². The molecule has 4 atom stereocenters. The lowest BCUT2D eigenvalue weighted by molar-refractivity contribution is -0.114. The number of carbonyl (C=O) groups is 1. The number of nitrogens with zero attached hydrogens (tertiary/aromatic N) is 1. The second-order valence-corrected chi connectivity index (χ2v) is 9.60. The van der Waals surface area contributed by atoms with Crippen LogP contribution in [0.2, 0.25) is 0 Å². The molecule has 1 N–H and O–H groups in total. The molecule has 0 saturated heterocycles. The van der Waals surface area contributed by atoms with Gasteiger partial charge in [0, 0.05) is 12.3 Å². The summed E-state index contributed by atoms with van der Waals surface area (Å²) in [4.78, 5) is 14.7. The van der Waals surface area contributed by atoms with Crippen LogP contribution in [0.3, 0.4) is 0 Å². The first-order valence-electron chi connectivity index (χ1n) is 11.7. The van der Waals surface area contributed by atoms with Crippen LogP contribution in [-0.2, 0) is 11.2 Å². The Bertz CT molecular complexity index is 764. The Kier molecular flexibility index (Phi) is 8.47. The van der Waals surface area contributed by atoms with Crippen LogP contribution in [0.5, 0.6) is 0 Å². The number of aliphatic hydroxyl groups excluding tert-OH is 1. The number of allylic oxidation sites excluding steroid dienone is 3. The number of rotatable bonds is 11. The summed E-state index contributed by atoms with van der Waals surface area (Å²) >= 11 is 0. The number of carbonyl (C=O) groups excluding carboxylic acids is 1. The molecule has 2 aliphatic rings. The normalized spacial score (nSPS) is 25.8. The molecule has 3 nitrogen and oxygen atoms in total. The Morgan fingerprint density at radius 3 is 2.73 bits per heavy atom. The minimum atomic E-state index is -0.307. The summed E-state index contributed by atoms with van der Waals surface area (Å²) in [5.74, 6) is 1.27. The highest BCUT2D eigenvalue weighted by molar-refractivity contribution is 5.89. The van der Waals surface area contributed by atoms with Crippen LogP contribution in [0.25, 0.3) is 0 Å².